The summed E-state index contributed by atoms with van der Waals surface area (Å²) in [5.74, 6) is 0.873. The fraction of sp³-hybridized carbons (Fsp3) is 0.571. The van der Waals surface area contributed by atoms with Crippen LogP contribution in [-0.2, 0) is 32.1 Å². The van der Waals surface area contributed by atoms with E-state index in [4.69, 9.17) is 9.47 Å². The second-order valence-corrected chi connectivity index (χ2v) is 10.7. The molecule has 0 radical (unpaired) electrons. The minimum atomic E-state index is -0.696. The summed E-state index contributed by atoms with van der Waals surface area (Å²) in [6.07, 6.45) is 9.70. The number of carbonyl (C=O) groups is 3. The van der Waals surface area contributed by atoms with Gasteiger partial charge in [-0.25, -0.2) is 9.78 Å². The molecule has 2 N–H and O–H groups in total. The lowest BCUT2D eigenvalue weighted by atomic mass is 10.00. The predicted octanol–water partition coefficient (Wildman–Crippen LogP) is 2.65. The highest BCUT2D eigenvalue weighted by Crippen LogP contribution is 2.23. The number of thioether (sulfide) groups is 1. The third-order valence-corrected chi connectivity index (χ3v) is 7.61. The lowest BCUT2D eigenvalue weighted by molar-refractivity contribution is -0.145. The fourth-order valence-electron chi connectivity index (χ4n) is 4.95. The molecule has 0 unspecified atom stereocenters. The Kier molecular flexibility index (Phi) is 12.6. The van der Waals surface area contributed by atoms with E-state index in [0.717, 1.165) is 42.0 Å². The molecular formula is C28H41N5O5S. The van der Waals surface area contributed by atoms with Gasteiger partial charge in [0.05, 0.1) is 27.1 Å². The van der Waals surface area contributed by atoms with E-state index in [-0.39, 0.29) is 24.4 Å². The molecule has 1 fully saturated rings. The summed E-state index contributed by atoms with van der Waals surface area (Å²) in [6, 6.07) is 7.02. The van der Waals surface area contributed by atoms with Crippen LogP contribution < -0.4 is 10.1 Å². The molecular weight excluding hydrogens is 518 g/mol. The van der Waals surface area contributed by atoms with Gasteiger partial charge >= 0.3 is 5.97 Å². The number of likely N-dealkylation sites (tertiary alicyclic amines) is 1. The van der Waals surface area contributed by atoms with E-state index in [2.05, 4.69) is 15.3 Å². The van der Waals surface area contributed by atoms with Crippen LogP contribution in [0.3, 0.4) is 0 Å². The number of nitrogens with zero attached hydrogens (tertiary/aromatic N) is 3. The van der Waals surface area contributed by atoms with Gasteiger partial charge in [-0.3, -0.25) is 14.5 Å². The highest BCUT2D eigenvalue weighted by molar-refractivity contribution is 7.98. The molecule has 0 bridgehead atoms. The van der Waals surface area contributed by atoms with Gasteiger partial charge in [0.25, 0.3) is 0 Å². The van der Waals surface area contributed by atoms with Gasteiger partial charge in [-0.1, -0.05) is 18.2 Å². The smallest absolute Gasteiger partial charge is 0.328 e. The number of hydrogen-bond donors (Lipinski definition) is 2. The molecule has 0 aliphatic carbocycles. The molecule has 10 nitrogen and oxygen atoms in total. The Bertz CT molecular complexity index is 1050. The number of hydrogen-bond acceptors (Lipinski definition) is 8. The Balaban J connectivity index is 1.73. The van der Waals surface area contributed by atoms with Gasteiger partial charge in [0.2, 0.25) is 11.8 Å². The normalized spacial score (nSPS) is 16.1. The van der Waals surface area contributed by atoms with Crippen LogP contribution in [0.5, 0.6) is 5.75 Å². The van der Waals surface area contributed by atoms with Crippen molar-refractivity contribution in [1.82, 2.24) is 25.1 Å². The molecule has 1 saturated heterocycles. The first-order valence-electron chi connectivity index (χ1n) is 13.4. The Morgan fingerprint density at radius 3 is 2.79 bits per heavy atom. The maximum atomic E-state index is 13.2. The third kappa shape index (κ3) is 9.58. The van der Waals surface area contributed by atoms with E-state index < -0.39 is 12.0 Å². The molecule has 1 aromatic carbocycles. The maximum absolute atomic E-state index is 13.2. The summed E-state index contributed by atoms with van der Waals surface area (Å²) in [6.45, 7) is 1.80. The molecule has 2 aromatic rings. The van der Waals surface area contributed by atoms with Crippen molar-refractivity contribution >= 4 is 29.5 Å². The van der Waals surface area contributed by atoms with Crippen molar-refractivity contribution in [1.29, 1.82) is 0 Å². The van der Waals surface area contributed by atoms with Gasteiger partial charge in [0.15, 0.2) is 0 Å². The van der Waals surface area contributed by atoms with E-state index in [0.29, 0.717) is 38.9 Å². The second-order valence-electron chi connectivity index (χ2n) is 9.72. The van der Waals surface area contributed by atoms with Crippen molar-refractivity contribution < 1.29 is 23.9 Å². The molecule has 0 saturated carbocycles. The van der Waals surface area contributed by atoms with E-state index in [1.807, 2.05) is 40.3 Å². The zero-order valence-electron chi connectivity index (χ0n) is 23.2. The van der Waals surface area contributed by atoms with Crippen LogP contribution >= 0.6 is 11.8 Å². The van der Waals surface area contributed by atoms with Gasteiger partial charge in [0.1, 0.15) is 11.8 Å². The molecule has 11 heteroatoms. The number of imidazole rings is 1. The van der Waals surface area contributed by atoms with Crippen LogP contribution in [0.4, 0.5) is 0 Å². The summed E-state index contributed by atoms with van der Waals surface area (Å²) in [5.41, 5.74) is 1.89. The van der Waals surface area contributed by atoms with Crippen LogP contribution in [0.2, 0.25) is 0 Å². The highest BCUT2D eigenvalue weighted by atomic mass is 32.2. The standard InChI is InChI=1S/C28H41N5O5S/c1-37-25-10-5-4-8-21(25)17-32(19-26(34)31-24(13-15-39-3)28(36)38-2)18-23-9-6-7-14-33(23)27(35)12-11-22-16-29-20-30-22/h4-5,8,10,16,20,23-24H,6-7,9,11-15,17-19H2,1-3H3,(H,29,30)(H,31,34)/t23-,24-/m0/s1. The first kappa shape index (κ1) is 30.5. The lowest BCUT2D eigenvalue weighted by Gasteiger charge is -2.39. The summed E-state index contributed by atoms with van der Waals surface area (Å²) in [4.78, 5) is 49.8. The SMILES string of the molecule is COC(=O)[C@H](CCSC)NC(=O)CN(Cc1ccccc1OC)C[C@@H]1CCCCN1C(=O)CCc1cnc[nH]1. The van der Waals surface area contributed by atoms with Gasteiger partial charge in [-0.15, -0.1) is 0 Å². The molecule has 1 aliphatic heterocycles. The van der Waals surface area contributed by atoms with Gasteiger partial charge in [-0.05, 0) is 50.2 Å². The Morgan fingerprint density at radius 2 is 2.08 bits per heavy atom. The van der Waals surface area contributed by atoms with Crippen molar-refractivity contribution in [3.63, 3.8) is 0 Å². The topological polar surface area (TPSA) is 117 Å². The van der Waals surface area contributed by atoms with E-state index in [1.165, 1.54) is 7.11 Å². The van der Waals surface area contributed by atoms with Gasteiger partial charge in [0, 0.05) is 49.6 Å². The number of aryl methyl sites for hydroxylation is 1. The van der Waals surface area contributed by atoms with Gasteiger partial charge in [-0.2, -0.15) is 11.8 Å². The molecule has 1 aromatic heterocycles. The minimum absolute atomic E-state index is 0.0107. The third-order valence-electron chi connectivity index (χ3n) is 6.96. The summed E-state index contributed by atoms with van der Waals surface area (Å²) < 4.78 is 10.5. The number of rotatable bonds is 15. The number of esters is 1. The lowest BCUT2D eigenvalue weighted by Crippen LogP contribution is -2.52. The zero-order chi connectivity index (χ0) is 28.0. The van der Waals surface area contributed by atoms with Crippen molar-refractivity contribution in [2.75, 3.05) is 45.9 Å². The van der Waals surface area contributed by atoms with Crippen LogP contribution in [0.15, 0.2) is 36.8 Å². The van der Waals surface area contributed by atoms with Crippen molar-refractivity contribution in [2.24, 2.45) is 0 Å². The number of benzene rings is 1. The number of amides is 2. The van der Waals surface area contributed by atoms with E-state index in [1.54, 1.807) is 31.4 Å². The van der Waals surface area contributed by atoms with Crippen molar-refractivity contribution in [3.8, 4) is 5.75 Å². The number of carbonyl (C=O) groups excluding carboxylic acids is 3. The zero-order valence-corrected chi connectivity index (χ0v) is 24.0. The molecule has 214 valence electrons. The number of nitrogens with one attached hydrogen (secondary N) is 2. The van der Waals surface area contributed by atoms with E-state index >= 15 is 0 Å². The molecule has 2 atom stereocenters. The molecule has 1 aliphatic rings. The maximum Gasteiger partial charge on any atom is 0.328 e. The monoisotopic (exact) mass is 559 g/mol. The molecule has 39 heavy (non-hydrogen) atoms. The van der Waals surface area contributed by atoms with E-state index in [9.17, 15) is 14.4 Å². The van der Waals surface area contributed by atoms with Crippen LogP contribution in [0, 0.1) is 0 Å². The second kappa shape index (κ2) is 16.1. The average molecular weight is 560 g/mol. The number of piperidine rings is 1. The summed E-state index contributed by atoms with van der Waals surface area (Å²) >= 11 is 1.61. The molecule has 3 rings (SSSR count). The average Bonchev–Trinajstić information content (AvgIpc) is 3.48. The number of methoxy groups -OCH3 is 2. The number of aromatic nitrogens is 2. The quantitative estimate of drug-likeness (QED) is 0.320. The first-order valence-corrected chi connectivity index (χ1v) is 14.8. The predicted molar refractivity (Wildman–Crippen MR) is 151 cm³/mol. The number of H-pyrrole nitrogens is 1. The molecule has 0 spiro atoms. The Labute approximate surface area is 235 Å². The number of ether oxygens (including phenoxy) is 2. The van der Waals surface area contributed by atoms with Crippen molar-refractivity contribution in [3.05, 3.63) is 48.0 Å². The molecule has 2 heterocycles. The number of para-hydroxylation sites is 1. The van der Waals surface area contributed by atoms with Gasteiger partial charge < -0.3 is 24.7 Å². The summed E-state index contributed by atoms with van der Waals surface area (Å²) in [5, 5.41) is 2.86. The van der Waals surface area contributed by atoms with Crippen LogP contribution in [-0.4, -0.2) is 95.5 Å². The summed E-state index contributed by atoms with van der Waals surface area (Å²) in [7, 11) is 2.96. The number of aromatic amines is 1. The van der Waals surface area contributed by atoms with Crippen molar-refractivity contribution in [2.45, 2.75) is 57.2 Å². The van der Waals surface area contributed by atoms with Crippen LogP contribution in [0.25, 0.3) is 0 Å². The Morgan fingerprint density at radius 1 is 1.26 bits per heavy atom. The highest BCUT2D eigenvalue weighted by Gasteiger charge is 2.30. The Hall–Kier alpha value is -3.05. The molecule has 2 amide bonds. The van der Waals surface area contributed by atoms with Crippen LogP contribution in [0.1, 0.15) is 43.4 Å². The minimum Gasteiger partial charge on any atom is -0.496 e. The largest absolute Gasteiger partial charge is 0.496 e. The first-order chi connectivity index (χ1) is 18.9. The fourth-order valence-corrected chi connectivity index (χ4v) is 5.42.